The number of aryl methyl sites for hydroxylation is 1. The van der Waals surface area contributed by atoms with Crippen LogP contribution in [0, 0.1) is 5.82 Å². The minimum atomic E-state index is -5.64. The van der Waals surface area contributed by atoms with Crippen LogP contribution in [-0.2, 0) is 36.1 Å². The molecule has 0 heterocycles. The van der Waals surface area contributed by atoms with Gasteiger partial charge < -0.3 is 4.74 Å². The van der Waals surface area contributed by atoms with Gasteiger partial charge in [0.25, 0.3) is 0 Å². The zero-order valence-corrected chi connectivity index (χ0v) is 21.8. The summed E-state index contributed by atoms with van der Waals surface area (Å²) in [5, 5.41) is 0. The average molecular weight is 594 g/mol. The number of methoxy groups -OCH3 is 1. The van der Waals surface area contributed by atoms with E-state index < -0.39 is 61.8 Å². The van der Waals surface area contributed by atoms with E-state index in [1.807, 2.05) is 0 Å². The second-order valence-corrected chi connectivity index (χ2v) is 13.8. The fraction of sp³-hybridized carbons (Fsp3) is 0.217. The van der Waals surface area contributed by atoms with E-state index in [9.17, 15) is 42.8 Å². The molecule has 38 heavy (non-hydrogen) atoms. The van der Waals surface area contributed by atoms with Gasteiger partial charge in [-0.1, -0.05) is 18.2 Å². The molecule has 15 heteroatoms. The number of ether oxygens (including phenoxy) is 1. The van der Waals surface area contributed by atoms with E-state index in [0.29, 0.717) is 0 Å². The molecule has 0 fully saturated rings. The van der Waals surface area contributed by atoms with Crippen molar-refractivity contribution < 1.29 is 47.6 Å². The molecule has 1 aliphatic carbocycles. The van der Waals surface area contributed by atoms with Crippen LogP contribution in [-0.4, -0.2) is 37.9 Å². The molecule has 0 bridgehead atoms. The molecule has 0 aliphatic heterocycles. The molecule has 0 saturated heterocycles. The first-order valence-electron chi connectivity index (χ1n) is 10.7. The lowest BCUT2D eigenvalue weighted by Crippen LogP contribution is -2.38. The number of alkyl halides is 3. The maximum absolute atomic E-state index is 14.4. The molecule has 0 saturated carbocycles. The van der Waals surface area contributed by atoms with Crippen LogP contribution in [0.25, 0.3) is 0 Å². The standard InChI is InChI=1S/C23H19F4NO7S3/c1-35-15-7-11-21(22(13-15)37(31,32)20-5-3-2-4-18(20)24)36(29,30)16-8-9-17-14(12-16)6-10-19(17)28-38(33,34)23(25,26)27/h2-5,7-9,11-13,19,28H,6,10H2,1H3. The van der Waals surface area contributed by atoms with Gasteiger partial charge in [0.05, 0.1) is 21.8 Å². The second kappa shape index (κ2) is 9.63. The molecule has 3 aromatic carbocycles. The van der Waals surface area contributed by atoms with Gasteiger partial charge in [0.15, 0.2) is 0 Å². The molecule has 1 aliphatic rings. The quantitative estimate of drug-likeness (QED) is 0.412. The molecule has 1 atom stereocenters. The molecule has 8 nitrogen and oxygen atoms in total. The lowest BCUT2D eigenvalue weighted by molar-refractivity contribution is -0.0451. The largest absolute Gasteiger partial charge is 0.511 e. The minimum absolute atomic E-state index is 0.00684. The Bertz CT molecular complexity index is 1740. The smallest absolute Gasteiger partial charge is 0.497 e. The summed E-state index contributed by atoms with van der Waals surface area (Å²) in [7, 11) is -13.7. The van der Waals surface area contributed by atoms with Crippen LogP contribution in [0.1, 0.15) is 23.6 Å². The molecule has 4 rings (SSSR count). The number of nitrogens with one attached hydrogen (secondary N) is 1. The number of sulfonamides is 1. The van der Waals surface area contributed by atoms with Crippen molar-refractivity contribution in [3.05, 3.63) is 77.6 Å². The number of benzene rings is 3. The zero-order chi connectivity index (χ0) is 28.1. The van der Waals surface area contributed by atoms with Crippen LogP contribution in [0.4, 0.5) is 17.6 Å². The van der Waals surface area contributed by atoms with Crippen molar-refractivity contribution in [3.8, 4) is 5.75 Å². The molecule has 0 amide bonds. The maximum atomic E-state index is 14.4. The van der Waals surface area contributed by atoms with Crippen molar-refractivity contribution in [1.82, 2.24) is 4.72 Å². The van der Waals surface area contributed by atoms with Gasteiger partial charge in [-0.3, -0.25) is 0 Å². The minimum Gasteiger partial charge on any atom is -0.497 e. The predicted molar refractivity (Wildman–Crippen MR) is 126 cm³/mol. The summed E-state index contributed by atoms with van der Waals surface area (Å²) in [5.74, 6) is -1.10. The Balaban J connectivity index is 1.80. The Hall–Kier alpha value is -3.01. The summed E-state index contributed by atoms with van der Waals surface area (Å²) in [4.78, 5) is -2.55. The molecule has 1 N–H and O–H groups in total. The monoisotopic (exact) mass is 593 g/mol. The second-order valence-electron chi connectivity index (χ2n) is 8.27. The summed E-state index contributed by atoms with van der Waals surface area (Å²) in [6.45, 7) is 0. The molecular weight excluding hydrogens is 574 g/mol. The van der Waals surface area contributed by atoms with Crippen molar-refractivity contribution in [2.45, 2.75) is 44.0 Å². The molecule has 1 unspecified atom stereocenters. The van der Waals surface area contributed by atoms with Gasteiger partial charge in [-0.2, -0.15) is 17.9 Å². The van der Waals surface area contributed by atoms with Crippen LogP contribution in [0.2, 0.25) is 0 Å². The lowest BCUT2D eigenvalue weighted by atomic mass is 10.1. The zero-order valence-electron chi connectivity index (χ0n) is 19.4. The summed E-state index contributed by atoms with van der Waals surface area (Å²) in [6, 6.07) is 9.72. The van der Waals surface area contributed by atoms with Crippen molar-refractivity contribution in [2.75, 3.05) is 7.11 Å². The SMILES string of the molecule is COc1ccc(S(=O)(=O)c2ccc3c(c2)CCC3NS(=O)(=O)C(F)(F)F)c(S(=O)(=O)c2ccccc2F)c1. The van der Waals surface area contributed by atoms with Gasteiger partial charge in [0.2, 0.25) is 19.7 Å². The summed E-state index contributed by atoms with van der Waals surface area (Å²) in [5.41, 5.74) is -5.09. The Morgan fingerprint density at radius 1 is 0.842 bits per heavy atom. The summed E-state index contributed by atoms with van der Waals surface area (Å²) >= 11 is 0. The van der Waals surface area contributed by atoms with Gasteiger partial charge >= 0.3 is 15.5 Å². The van der Waals surface area contributed by atoms with E-state index >= 15 is 0 Å². The maximum Gasteiger partial charge on any atom is 0.511 e. The molecule has 0 aromatic heterocycles. The van der Waals surface area contributed by atoms with E-state index in [2.05, 4.69) is 0 Å². The molecule has 0 radical (unpaired) electrons. The van der Waals surface area contributed by atoms with Gasteiger partial charge in [-0.05, 0) is 60.4 Å². The third-order valence-corrected chi connectivity index (χ3v) is 10.9. The topological polar surface area (TPSA) is 124 Å². The van der Waals surface area contributed by atoms with Crippen LogP contribution in [0.15, 0.2) is 80.2 Å². The number of rotatable bonds is 7. The lowest BCUT2D eigenvalue weighted by Gasteiger charge is -2.17. The van der Waals surface area contributed by atoms with Gasteiger partial charge in [-0.15, -0.1) is 0 Å². The number of fused-ring (bicyclic) bond motifs is 1. The molecular formula is C23H19F4NO7S3. The Morgan fingerprint density at radius 2 is 1.53 bits per heavy atom. The van der Waals surface area contributed by atoms with Crippen molar-refractivity contribution in [1.29, 1.82) is 0 Å². The third-order valence-electron chi connectivity index (χ3n) is 5.96. The highest BCUT2D eigenvalue weighted by molar-refractivity contribution is 7.94. The normalized spacial score (nSPS) is 16.3. The van der Waals surface area contributed by atoms with Crippen LogP contribution in [0.3, 0.4) is 0 Å². The van der Waals surface area contributed by atoms with Gasteiger partial charge in [-0.25, -0.2) is 29.6 Å². The highest BCUT2D eigenvalue weighted by atomic mass is 32.2. The van der Waals surface area contributed by atoms with Crippen LogP contribution in [0.5, 0.6) is 5.75 Å². The number of hydrogen-bond donors (Lipinski definition) is 1. The fourth-order valence-electron chi connectivity index (χ4n) is 4.09. The van der Waals surface area contributed by atoms with E-state index in [0.717, 1.165) is 36.4 Å². The summed E-state index contributed by atoms with van der Waals surface area (Å²) in [6.07, 6.45) is 0.0102. The first kappa shape index (κ1) is 28.0. The highest BCUT2D eigenvalue weighted by Gasteiger charge is 2.47. The number of halogens is 4. The third kappa shape index (κ3) is 4.90. The van der Waals surface area contributed by atoms with Crippen molar-refractivity contribution in [2.24, 2.45) is 0 Å². The van der Waals surface area contributed by atoms with Crippen LogP contribution < -0.4 is 9.46 Å². The molecule has 204 valence electrons. The van der Waals surface area contributed by atoms with E-state index in [1.54, 1.807) is 4.72 Å². The Labute approximate surface area is 216 Å². The Kier molecular flexibility index (Phi) is 7.10. The van der Waals surface area contributed by atoms with E-state index in [4.69, 9.17) is 4.74 Å². The number of sulfone groups is 2. The van der Waals surface area contributed by atoms with Crippen molar-refractivity contribution >= 4 is 29.7 Å². The Morgan fingerprint density at radius 3 is 2.16 bits per heavy atom. The van der Waals surface area contributed by atoms with Gasteiger partial charge in [0, 0.05) is 12.1 Å². The first-order valence-corrected chi connectivity index (χ1v) is 15.2. The average Bonchev–Trinajstić information content (AvgIpc) is 3.24. The van der Waals surface area contributed by atoms with Gasteiger partial charge in [0.1, 0.15) is 16.5 Å². The fourth-order valence-corrected chi connectivity index (χ4v) is 8.30. The van der Waals surface area contributed by atoms with E-state index in [1.165, 1.54) is 31.4 Å². The molecule has 0 spiro atoms. The van der Waals surface area contributed by atoms with Crippen LogP contribution >= 0.6 is 0 Å². The highest BCUT2D eigenvalue weighted by Crippen LogP contribution is 2.38. The summed E-state index contributed by atoms with van der Waals surface area (Å²) < 4.78 is 136. The van der Waals surface area contributed by atoms with E-state index in [-0.39, 0.29) is 34.6 Å². The first-order chi connectivity index (χ1) is 17.6. The number of hydrogen-bond acceptors (Lipinski definition) is 7. The van der Waals surface area contributed by atoms with Crippen molar-refractivity contribution in [3.63, 3.8) is 0 Å². The molecule has 3 aromatic rings. The predicted octanol–water partition coefficient (Wildman–Crippen LogP) is 3.93.